The largest absolute Gasteiger partial charge is 0.374 e. The van der Waals surface area contributed by atoms with Crippen molar-refractivity contribution in [1.29, 1.82) is 0 Å². The van der Waals surface area contributed by atoms with Crippen molar-refractivity contribution in [3.05, 3.63) is 48.6 Å². The second kappa shape index (κ2) is 15.1. The van der Waals surface area contributed by atoms with Crippen LogP contribution in [0, 0.1) is 23.8 Å². The Kier molecular flexibility index (Phi) is 13.4. The van der Waals surface area contributed by atoms with E-state index < -0.39 is 20.3 Å². The molecule has 33 heavy (non-hydrogen) atoms. The number of rotatable bonds is 14. The summed E-state index contributed by atoms with van der Waals surface area (Å²) in [4.78, 5) is 0. The summed E-state index contributed by atoms with van der Waals surface area (Å²) in [5.41, 5.74) is 6.30. The smallest absolute Gasteiger partial charge is 0.157 e. The summed E-state index contributed by atoms with van der Waals surface area (Å²) in [6, 6.07) is 9.99. The van der Waals surface area contributed by atoms with Crippen LogP contribution in [0.5, 0.6) is 0 Å². The normalized spacial score (nSPS) is 14.5. The van der Waals surface area contributed by atoms with Crippen LogP contribution in [0.2, 0.25) is 16.6 Å². The zero-order valence-corrected chi connectivity index (χ0v) is 22.5. The van der Waals surface area contributed by atoms with Crippen LogP contribution in [0.3, 0.4) is 0 Å². The molecule has 0 aliphatic rings. The molecule has 0 fully saturated rings. The zero-order valence-electron chi connectivity index (χ0n) is 21.5. The Labute approximate surface area is 203 Å². The molecule has 0 heterocycles. The quantitative estimate of drug-likeness (QED) is 0.145. The summed E-state index contributed by atoms with van der Waals surface area (Å²) in [5.74, 6) is 6.08. The molecule has 0 saturated carbocycles. The molecular formula is C28H42O4Si. The first kappa shape index (κ1) is 29.2. The predicted molar refractivity (Wildman–Crippen MR) is 139 cm³/mol. The molecule has 182 valence electrons. The van der Waals surface area contributed by atoms with Crippen LogP contribution in [0.25, 0.3) is 0 Å². The van der Waals surface area contributed by atoms with E-state index in [2.05, 4.69) is 65.5 Å². The minimum atomic E-state index is -1.95. The fraction of sp³-hybridized carbons (Fsp3) is 0.571. The van der Waals surface area contributed by atoms with Crippen molar-refractivity contribution in [3.63, 3.8) is 0 Å². The van der Waals surface area contributed by atoms with Crippen molar-refractivity contribution >= 4 is 8.07 Å². The van der Waals surface area contributed by atoms with Gasteiger partial charge >= 0.3 is 0 Å². The topological polar surface area (TPSA) is 36.9 Å². The van der Waals surface area contributed by atoms with Gasteiger partial charge < -0.3 is 18.9 Å². The molecule has 3 atom stereocenters. The minimum absolute atomic E-state index is 0.0870. The van der Waals surface area contributed by atoms with Gasteiger partial charge in [0.25, 0.3) is 0 Å². The van der Waals surface area contributed by atoms with Crippen molar-refractivity contribution in [1.82, 2.24) is 0 Å². The summed E-state index contributed by atoms with van der Waals surface area (Å²) in [6.45, 7) is 18.5. The molecule has 0 spiro atoms. The van der Waals surface area contributed by atoms with Gasteiger partial charge in [-0.25, -0.2) is 0 Å². The third-order valence-electron chi connectivity index (χ3n) is 6.08. The van der Waals surface area contributed by atoms with Gasteiger partial charge in [-0.15, -0.1) is 18.5 Å². The maximum atomic E-state index is 6.15. The number of benzene rings is 1. The Morgan fingerprint density at radius 2 is 1.61 bits per heavy atom. The Bertz CT molecular complexity index is 764. The lowest BCUT2D eigenvalue weighted by Gasteiger charge is -2.38. The second-order valence-electron chi connectivity index (χ2n) is 9.16. The van der Waals surface area contributed by atoms with Gasteiger partial charge in [-0.05, 0) is 22.2 Å². The molecule has 0 aliphatic heterocycles. The van der Waals surface area contributed by atoms with Crippen molar-refractivity contribution in [2.24, 2.45) is 0 Å². The van der Waals surface area contributed by atoms with Gasteiger partial charge in [0.05, 0.1) is 13.2 Å². The van der Waals surface area contributed by atoms with E-state index in [1.54, 1.807) is 13.2 Å². The van der Waals surface area contributed by atoms with E-state index in [1.165, 1.54) is 0 Å². The van der Waals surface area contributed by atoms with Crippen molar-refractivity contribution < 1.29 is 18.9 Å². The number of hydrogen-bond acceptors (Lipinski definition) is 4. The molecule has 0 N–H and O–H groups in total. The number of hydrogen-bond donors (Lipinski definition) is 0. The summed E-state index contributed by atoms with van der Waals surface area (Å²) in [5, 5.41) is 0. The van der Waals surface area contributed by atoms with Gasteiger partial charge in [-0.3, -0.25) is 0 Å². The molecule has 5 heteroatoms. The lowest BCUT2D eigenvalue weighted by atomic mass is 10.2. The molecule has 0 radical (unpaired) electrons. The van der Waals surface area contributed by atoms with Gasteiger partial charge in [-0.1, -0.05) is 89.8 Å². The monoisotopic (exact) mass is 470 g/mol. The van der Waals surface area contributed by atoms with Crippen LogP contribution in [-0.4, -0.2) is 46.9 Å². The standard InChI is InChI=1S/C28H42O4Si/c1-10-26(20-30-19-25-15-13-12-14-16-25)32-27(11-2)28(31-21-29-9)17-18-33(22(3)4,23(5)6)24(7)8/h2,10,12-16,22-24,26-28H,1,19-21H2,3-9H3/t26-,27-,28-/m0/s1. The molecule has 0 unspecified atom stereocenters. The van der Waals surface area contributed by atoms with E-state index in [4.69, 9.17) is 25.4 Å². The molecule has 1 rings (SSSR count). The van der Waals surface area contributed by atoms with E-state index in [1.807, 2.05) is 30.3 Å². The lowest BCUT2D eigenvalue weighted by molar-refractivity contribution is -0.109. The van der Waals surface area contributed by atoms with Crippen molar-refractivity contribution in [2.75, 3.05) is 20.5 Å². The Hall–Kier alpha value is -1.86. The Balaban J connectivity index is 3.02. The number of terminal acetylenes is 1. The second-order valence-corrected chi connectivity index (χ2v) is 14.7. The summed E-state index contributed by atoms with van der Waals surface area (Å²) < 4.78 is 23.0. The van der Waals surface area contributed by atoms with Gasteiger partial charge in [0.2, 0.25) is 0 Å². The highest BCUT2D eigenvalue weighted by Gasteiger charge is 2.42. The van der Waals surface area contributed by atoms with Crippen LogP contribution in [-0.2, 0) is 25.6 Å². The van der Waals surface area contributed by atoms with Gasteiger partial charge in [0, 0.05) is 7.11 Å². The maximum Gasteiger partial charge on any atom is 0.157 e. The third kappa shape index (κ3) is 8.78. The SMILES string of the molecule is C#C[C@H](O[C@@H](C=C)COCc1ccccc1)[C@H](C#C[Si](C(C)C)(C(C)C)C(C)C)OCOC. The van der Waals surface area contributed by atoms with Crippen LogP contribution >= 0.6 is 0 Å². The molecule has 4 nitrogen and oxygen atoms in total. The van der Waals surface area contributed by atoms with Gasteiger partial charge in [0.1, 0.15) is 21.0 Å². The molecule has 0 bridgehead atoms. The highest BCUT2D eigenvalue weighted by molar-refractivity contribution is 6.90. The summed E-state index contributed by atoms with van der Waals surface area (Å²) >= 11 is 0. The molecule has 0 aliphatic carbocycles. The van der Waals surface area contributed by atoms with E-state index >= 15 is 0 Å². The summed E-state index contributed by atoms with van der Waals surface area (Å²) in [6.07, 6.45) is 5.90. The van der Waals surface area contributed by atoms with E-state index in [-0.39, 0.29) is 12.9 Å². The Morgan fingerprint density at radius 1 is 1.00 bits per heavy atom. The van der Waals surface area contributed by atoms with Crippen molar-refractivity contribution in [3.8, 4) is 23.8 Å². The first-order chi connectivity index (χ1) is 15.7. The number of ether oxygens (including phenoxy) is 4. The van der Waals surface area contributed by atoms with E-state index in [9.17, 15) is 0 Å². The molecular weight excluding hydrogens is 428 g/mol. The van der Waals surface area contributed by atoms with Gasteiger partial charge in [-0.2, -0.15) is 0 Å². The van der Waals surface area contributed by atoms with E-state index in [0.29, 0.717) is 29.8 Å². The highest BCUT2D eigenvalue weighted by atomic mass is 28.3. The Morgan fingerprint density at radius 3 is 2.09 bits per heavy atom. The van der Waals surface area contributed by atoms with Crippen LogP contribution < -0.4 is 0 Å². The molecule has 1 aromatic carbocycles. The molecule has 0 saturated heterocycles. The maximum absolute atomic E-state index is 6.15. The molecule has 0 aromatic heterocycles. The van der Waals surface area contributed by atoms with Crippen LogP contribution in [0.4, 0.5) is 0 Å². The first-order valence-corrected chi connectivity index (χ1v) is 13.9. The fourth-order valence-electron chi connectivity index (χ4n) is 4.39. The van der Waals surface area contributed by atoms with Crippen LogP contribution in [0.1, 0.15) is 47.1 Å². The summed E-state index contributed by atoms with van der Waals surface area (Å²) in [7, 11) is -0.367. The molecule has 0 amide bonds. The average Bonchev–Trinajstić information content (AvgIpc) is 2.78. The van der Waals surface area contributed by atoms with E-state index in [0.717, 1.165) is 5.56 Å². The number of methoxy groups -OCH3 is 1. The predicted octanol–water partition coefficient (Wildman–Crippen LogP) is 5.99. The first-order valence-electron chi connectivity index (χ1n) is 11.7. The average molecular weight is 471 g/mol. The minimum Gasteiger partial charge on any atom is -0.374 e. The zero-order chi connectivity index (χ0) is 24.9. The lowest BCUT2D eigenvalue weighted by Crippen LogP contribution is -2.44. The van der Waals surface area contributed by atoms with Crippen molar-refractivity contribution in [2.45, 2.75) is 83.1 Å². The fourth-order valence-corrected chi connectivity index (χ4v) is 9.65. The highest BCUT2D eigenvalue weighted by Crippen LogP contribution is 2.40. The third-order valence-corrected chi connectivity index (χ3v) is 12.4. The molecule has 1 aromatic rings. The van der Waals surface area contributed by atoms with Gasteiger partial charge in [0.15, 0.2) is 12.2 Å². The van der Waals surface area contributed by atoms with Crippen LogP contribution in [0.15, 0.2) is 43.0 Å².